The molecule has 0 saturated heterocycles. The van der Waals surface area contributed by atoms with Crippen molar-refractivity contribution in [2.45, 2.75) is 45.6 Å². The molecule has 0 atom stereocenters. The Labute approximate surface area is 172 Å². The number of hydrogen-bond donors (Lipinski definition) is 0. The highest BCUT2D eigenvalue weighted by Gasteiger charge is 2.49. The van der Waals surface area contributed by atoms with Gasteiger partial charge in [-0.1, -0.05) is 94.8 Å². The topological polar surface area (TPSA) is 27.7 Å². The SMILES string of the molecule is CCCCOCCOCCO[Si](c1ccccc1)(c1ccccc1)C(C)(C)C. The summed E-state index contributed by atoms with van der Waals surface area (Å²) >= 11 is 0. The van der Waals surface area contributed by atoms with Crippen LogP contribution in [-0.4, -0.2) is 41.4 Å². The van der Waals surface area contributed by atoms with Gasteiger partial charge in [0.2, 0.25) is 0 Å². The maximum absolute atomic E-state index is 6.78. The van der Waals surface area contributed by atoms with Crippen LogP contribution in [0.2, 0.25) is 5.04 Å². The van der Waals surface area contributed by atoms with Crippen LogP contribution < -0.4 is 10.4 Å². The Bertz CT molecular complexity index is 613. The smallest absolute Gasteiger partial charge is 0.261 e. The zero-order chi connectivity index (χ0) is 20.3. The fraction of sp³-hybridized carbons (Fsp3) is 0.500. The third kappa shape index (κ3) is 6.02. The van der Waals surface area contributed by atoms with Crippen LogP contribution in [0.15, 0.2) is 60.7 Å². The van der Waals surface area contributed by atoms with Gasteiger partial charge in [0.15, 0.2) is 0 Å². The molecule has 0 amide bonds. The summed E-state index contributed by atoms with van der Waals surface area (Å²) in [7, 11) is -2.45. The predicted molar refractivity (Wildman–Crippen MR) is 120 cm³/mol. The number of benzene rings is 2. The molecule has 2 rings (SSSR count). The van der Waals surface area contributed by atoms with Gasteiger partial charge < -0.3 is 13.9 Å². The van der Waals surface area contributed by atoms with Gasteiger partial charge in [-0.3, -0.25) is 0 Å². The highest BCUT2D eigenvalue weighted by molar-refractivity contribution is 6.99. The number of hydrogen-bond acceptors (Lipinski definition) is 3. The van der Waals surface area contributed by atoms with Crippen LogP contribution in [0.3, 0.4) is 0 Å². The van der Waals surface area contributed by atoms with E-state index in [-0.39, 0.29) is 5.04 Å². The Morgan fingerprint density at radius 3 is 1.61 bits per heavy atom. The van der Waals surface area contributed by atoms with Gasteiger partial charge in [0.25, 0.3) is 8.32 Å². The van der Waals surface area contributed by atoms with Crippen LogP contribution in [0.5, 0.6) is 0 Å². The third-order valence-corrected chi connectivity index (χ3v) is 10.0. The van der Waals surface area contributed by atoms with Crippen molar-refractivity contribution in [3.63, 3.8) is 0 Å². The summed E-state index contributed by atoms with van der Waals surface area (Å²) < 4.78 is 18.1. The van der Waals surface area contributed by atoms with Crippen molar-refractivity contribution in [2.75, 3.05) is 33.0 Å². The lowest BCUT2D eigenvalue weighted by atomic mass is 10.2. The number of rotatable bonds is 12. The summed E-state index contributed by atoms with van der Waals surface area (Å²) in [5.74, 6) is 0. The van der Waals surface area contributed by atoms with Gasteiger partial charge in [-0.15, -0.1) is 0 Å². The van der Waals surface area contributed by atoms with Crippen LogP contribution in [0.25, 0.3) is 0 Å². The van der Waals surface area contributed by atoms with Gasteiger partial charge in [0.1, 0.15) is 0 Å². The summed E-state index contributed by atoms with van der Waals surface area (Å²) in [5.41, 5.74) is 0. The molecule has 0 radical (unpaired) electrons. The normalized spacial score (nSPS) is 12.3. The first kappa shape index (κ1) is 22.8. The molecule has 0 spiro atoms. The fourth-order valence-electron chi connectivity index (χ4n) is 3.58. The van der Waals surface area contributed by atoms with E-state index >= 15 is 0 Å². The Kier molecular flexibility index (Phi) is 9.39. The van der Waals surface area contributed by atoms with Gasteiger partial charge in [-0.25, -0.2) is 0 Å². The molecule has 0 aliphatic carbocycles. The Morgan fingerprint density at radius 1 is 0.679 bits per heavy atom. The first-order chi connectivity index (χ1) is 13.5. The van der Waals surface area contributed by atoms with E-state index in [9.17, 15) is 0 Å². The van der Waals surface area contributed by atoms with Crippen molar-refractivity contribution in [3.05, 3.63) is 60.7 Å². The van der Waals surface area contributed by atoms with E-state index in [1.54, 1.807) is 0 Å². The first-order valence-electron chi connectivity index (χ1n) is 10.4. The predicted octanol–water partition coefficient (Wildman–Crippen LogP) is 4.40. The average molecular weight is 401 g/mol. The van der Waals surface area contributed by atoms with E-state index in [0.29, 0.717) is 26.4 Å². The molecule has 0 unspecified atom stereocenters. The molecule has 0 heterocycles. The Balaban J connectivity index is 2.08. The monoisotopic (exact) mass is 400 g/mol. The summed E-state index contributed by atoms with van der Waals surface area (Å²) in [4.78, 5) is 0. The highest BCUT2D eigenvalue weighted by Crippen LogP contribution is 2.36. The maximum atomic E-state index is 6.78. The Hall–Kier alpha value is -1.46. The van der Waals surface area contributed by atoms with Crippen molar-refractivity contribution in [3.8, 4) is 0 Å². The molecule has 0 aliphatic rings. The molecule has 154 valence electrons. The zero-order valence-electron chi connectivity index (χ0n) is 17.9. The van der Waals surface area contributed by atoms with E-state index in [2.05, 4.69) is 88.4 Å². The van der Waals surface area contributed by atoms with Gasteiger partial charge in [-0.05, 0) is 21.8 Å². The number of ether oxygens (including phenoxy) is 2. The van der Waals surface area contributed by atoms with E-state index in [0.717, 1.165) is 19.4 Å². The molecule has 0 bridgehead atoms. The average Bonchev–Trinajstić information content (AvgIpc) is 2.70. The quantitative estimate of drug-likeness (QED) is 0.390. The van der Waals surface area contributed by atoms with Crippen LogP contribution >= 0.6 is 0 Å². The van der Waals surface area contributed by atoms with Gasteiger partial charge in [0.05, 0.1) is 26.4 Å². The van der Waals surface area contributed by atoms with Crippen molar-refractivity contribution in [1.82, 2.24) is 0 Å². The molecule has 2 aromatic carbocycles. The second-order valence-electron chi connectivity index (χ2n) is 8.09. The van der Waals surface area contributed by atoms with Crippen molar-refractivity contribution < 1.29 is 13.9 Å². The molecular formula is C24H36O3Si. The molecule has 0 aromatic heterocycles. The zero-order valence-corrected chi connectivity index (χ0v) is 18.9. The standard InChI is InChI=1S/C24H36O3Si/c1-5-6-17-25-18-19-26-20-21-27-28(24(2,3)4,22-13-9-7-10-14-22)23-15-11-8-12-16-23/h7-16H,5-6,17-21H2,1-4H3. The lowest BCUT2D eigenvalue weighted by molar-refractivity contribution is 0.0344. The number of unbranched alkanes of at least 4 members (excludes halogenated alkanes) is 1. The highest BCUT2D eigenvalue weighted by atomic mass is 28.4. The first-order valence-corrected chi connectivity index (χ1v) is 12.3. The minimum atomic E-state index is -2.45. The third-order valence-electron chi connectivity index (χ3n) is 4.98. The summed E-state index contributed by atoms with van der Waals surface area (Å²) in [6.45, 7) is 12.3. The van der Waals surface area contributed by atoms with Crippen molar-refractivity contribution in [1.29, 1.82) is 0 Å². The summed E-state index contributed by atoms with van der Waals surface area (Å²) in [6, 6.07) is 21.4. The minimum absolute atomic E-state index is 0.00102. The van der Waals surface area contributed by atoms with Crippen LogP contribution in [0.1, 0.15) is 40.5 Å². The molecular weight excluding hydrogens is 364 g/mol. The molecule has 3 nitrogen and oxygen atoms in total. The molecule has 28 heavy (non-hydrogen) atoms. The van der Waals surface area contributed by atoms with Gasteiger partial charge >= 0.3 is 0 Å². The lowest BCUT2D eigenvalue weighted by Crippen LogP contribution is -2.66. The summed E-state index contributed by atoms with van der Waals surface area (Å²) in [5, 5.41) is 2.60. The second-order valence-corrected chi connectivity index (χ2v) is 12.4. The van der Waals surface area contributed by atoms with Gasteiger partial charge in [-0.2, -0.15) is 0 Å². The van der Waals surface area contributed by atoms with Crippen LogP contribution in [0.4, 0.5) is 0 Å². The van der Waals surface area contributed by atoms with Crippen molar-refractivity contribution >= 4 is 18.7 Å². The molecule has 0 N–H and O–H groups in total. The van der Waals surface area contributed by atoms with E-state index in [1.165, 1.54) is 10.4 Å². The summed E-state index contributed by atoms with van der Waals surface area (Å²) in [6.07, 6.45) is 2.27. The molecule has 4 heteroatoms. The fourth-order valence-corrected chi connectivity index (χ4v) is 8.13. The minimum Gasteiger partial charge on any atom is -0.405 e. The Morgan fingerprint density at radius 2 is 1.14 bits per heavy atom. The molecule has 2 aromatic rings. The second kappa shape index (κ2) is 11.5. The van der Waals surface area contributed by atoms with E-state index in [1.807, 2.05) is 0 Å². The molecule has 0 saturated carbocycles. The maximum Gasteiger partial charge on any atom is 0.261 e. The van der Waals surface area contributed by atoms with Crippen molar-refractivity contribution in [2.24, 2.45) is 0 Å². The van der Waals surface area contributed by atoms with E-state index in [4.69, 9.17) is 13.9 Å². The molecule has 0 aliphatic heterocycles. The van der Waals surface area contributed by atoms with Gasteiger partial charge in [0, 0.05) is 6.61 Å². The van der Waals surface area contributed by atoms with Crippen LogP contribution in [-0.2, 0) is 13.9 Å². The lowest BCUT2D eigenvalue weighted by Gasteiger charge is -2.43. The van der Waals surface area contributed by atoms with E-state index < -0.39 is 8.32 Å². The molecule has 0 fully saturated rings. The largest absolute Gasteiger partial charge is 0.405 e. The van der Waals surface area contributed by atoms with Crippen LogP contribution in [0, 0.1) is 0 Å².